The molecule has 0 fully saturated rings. The molecule has 0 bridgehead atoms. The quantitative estimate of drug-likeness (QED) is 0.744. The van der Waals surface area contributed by atoms with Crippen LogP contribution in [0, 0.1) is 0 Å². The third kappa shape index (κ3) is 3.13. The molecule has 138 valence electrons. The molecule has 3 rings (SSSR count). The second kappa shape index (κ2) is 7.14. The van der Waals surface area contributed by atoms with Gasteiger partial charge in [0.05, 0.1) is 6.61 Å². The number of hydrogen-bond acceptors (Lipinski definition) is 8. The number of methoxy groups -OCH3 is 1. The van der Waals surface area contributed by atoms with E-state index in [0.29, 0.717) is 18.3 Å². The Balaban J connectivity index is 1.99. The van der Waals surface area contributed by atoms with Crippen molar-refractivity contribution < 1.29 is 19.4 Å². The van der Waals surface area contributed by atoms with E-state index in [-0.39, 0.29) is 17.9 Å². The number of fused-ring (bicyclic) bond motifs is 1. The SMILES string of the molecule is COCCN1CN(C)n2cc(C(=O)Nc3nccs3)c(=O)c(O)c2C1=O. The molecule has 0 aliphatic carbocycles. The lowest BCUT2D eigenvalue weighted by atomic mass is 10.2. The zero-order valence-electron chi connectivity index (χ0n) is 14.1. The van der Waals surface area contributed by atoms with Gasteiger partial charge in [0.1, 0.15) is 12.2 Å². The summed E-state index contributed by atoms with van der Waals surface area (Å²) in [5.41, 5.74) is -1.39. The van der Waals surface area contributed by atoms with Crippen LogP contribution >= 0.6 is 11.3 Å². The van der Waals surface area contributed by atoms with Crippen molar-refractivity contribution in [1.29, 1.82) is 0 Å². The fraction of sp³-hybridized carbons (Fsp3) is 0.333. The monoisotopic (exact) mass is 379 g/mol. The van der Waals surface area contributed by atoms with E-state index in [1.54, 1.807) is 17.4 Å². The maximum Gasteiger partial charge on any atom is 0.277 e. The van der Waals surface area contributed by atoms with Gasteiger partial charge in [-0.2, -0.15) is 0 Å². The average molecular weight is 379 g/mol. The van der Waals surface area contributed by atoms with Crippen LogP contribution in [0.15, 0.2) is 22.6 Å². The smallest absolute Gasteiger partial charge is 0.277 e. The summed E-state index contributed by atoms with van der Waals surface area (Å²) in [6, 6.07) is 0. The standard InChI is InChI=1S/C15H17N5O5S/c1-18-8-19(4-5-25-2)14(24)10-12(22)11(21)9(7-20(10)18)13(23)17-15-16-3-6-26-15/h3,6-7,22H,4-5,8H2,1-2H3,(H,16,17,23). The Hall–Kier alpha value is -2.92. The van der Waals surface area contributed by atoms with E-state index in [1.807, 2.05) is 0 Å². The maximum absolute atomic E-state index is 12.6. The zero-order valence-corrected chi connectivity index (χ0v) is 14.9. The van der Waals surface area contributed by atoms with Crippen LogP contribution in [-0.4, -0.2) is 65.5 Å². The largest absolute Gasteiger partial charge is 0.502 e. The van der Waals surface area contributed by atoms with Crippen molar-refractivity contribution in [3.8, 4) is 5.75 Å². The number of aromatic hydroxyl groups is 1. The van der Waals surface area contributed by atoms with Gasteiger partial charge in [0.15, 0.2) is 16.6 Å². The number of ether oxygens (including phenoxy) is 1. The van der Waals surface area contributed by atoms with Crippen molar-refractivity contribution >= 4 is 28.3 Å². The highest BCUT2D eigenvalue weighted by Gasteiger charge is 2.33. The normalized spacial score (nSPS) is 13.7. The molecule has 0 atom stereocenters. The summed E-state index contributed by atoms with van der Waals surface area (Å²) < 4.78 is 6.27. The summed E-state index contributed by atoms with van der Waals surface area (Å²) >= 11 is 1.20. The lowest BCUT2D eigenvalue weighted by Gasteiger charge is -2.37. The fourth-order valence-electron chi connectivity index (χ4n) is 2.57. The number of rotatable bonds is 5. The van der Waals surface area contributed by atoms with Crippen molar-refractivity contribution in [2.45, 2.75) is 0 Å². The molecule has 2 aromatic heterocycles. The summed E-state index contributed by atoms with van der Waals surface area (Å²) in [5.74, 6) is -1.99. The maximum atomic E-state index is 12.6. The number of anilines is 1. The number of carbonyl (C=O) groups excluding carboxylic acids is 2. The molecule has 2 amide bonds. The highest BCUT2D eigenvalue weighted by Crippen LogP contribution is 2.21. The molecule has 26 heavy (non-hydrogen) atoms. The Kier molecular flexibility index (Phi) is 4.91. The van der Waals surface area contributed by atoms with E-state index in [0.717, 1.165) is 0 Å². The lowest BCUT2D eigenvalue weighted by Crippen LogP contribution is -2.53. The highest BCUT2D eigenvalue weighted by atomic mass is 32.1. The van der Waals surface area contributed by atoms with Crippen LogP contribution in [0.2, 0.25) is 0 Å². The topological polar surface area (TPSA) is 117 Å². The van der Waals surface area contributed by atoms with Crippen LogP contribution in [0.3, 0.4) is 0 Å². The predicted molar refractivity (Wildman–Crippen MR) is 94.4 cm³/mol. The number of pyridine rings is 1. The Morgan fingerprint density at radius 3 is 2.88 bits per heavy atom. The number of carbonyl (C=O) groups is 2. The number of thiazole rings is 1. The molecule has 0 spiro atoms. The summed E-state index contributed by atoms with van der Waals surface area (Å²) in [4.78, 5) is 42.7. The Labute approximate surface area is 152 Å². The van der Waals surface area contributed by atoms with Crippen LogP contribution in [0.4, 0.5) is 5.13 Å². The number of nitrogens with one attached hydrogen (secondary N) is 1. The highest BCUT2D eigenvalue weighted by molar-refractivity contribution is 7.13. The summed E-state index contributed by atoms with van der Waals surface area (Å²) in [7, 11) is 3.18. The molecule has 0 saturated carbocycles. The first-order valence-corrected chi connectivity index (χ1v) is 8.51. The Morgan fingerprint density at radius 1 is 1.46 bits per heavy atom. The third-order valence-corrected chi connectivity index (χ3v) is 4.55. The summed E-state index contributed by atoms with van der Waals surface area (Å²) in [5, 5.41) is 16.4. The van der Waals surface area contributed by atoms with Gasteiger partial charge in [-0.1, -0.05) is 0 Å². The molecule has 3 heterocycles. The van der Waals surface area contributed by atoms with Gasteiger partial charge in [-0.3, -0.25) is 29.4 Å². The number of nitrogens with zero attached hydrogens (tertiary/aromatic N) is 4. The van der Waals surface area contributed by atoms with Crippen LogP contribution < -0.4 is 15.8 Å². The number of hydrogen-bond donors (Lipinski definition) is 2. The van der Waals surface area contributed by atoms with E-state index in [9.17, 15) is 19.5 Å². The minimum Gasteiger partial charge on any atom is -0.502 e. The number of aromatic nitrogens is 2. The fourth-order valence-corrected chi connectivity index (χ4v) is 3.10. The zero-order chi connectivity index (χ0) is 18.8. The molecular formula is C15H17N5O5S. The Bertz CT molecular complexity index is 895. The number of amides is 2. The first-order chi connectivity index (χ1) is 12.4. The van der Waals surface area contributed by atoms with Gasteiger partial charge in [0, 0.05) is 38.5 Å². The van der Waals surface area contributed by atoms with Gasteiger partial charge in [-0.05, 0) is 0 Å². The van der Waals surface area contributed by atoms with Crippen LogP contribution in [0.1, 0.15) is 20.8 Å². The average Bonchev–Trinajstić information content (AvgIpc) is 3.11. The molecule has 2 N–H and O–H groups in total. The molecule has 2 aromatic rings. The third-order valence-electron chi connectivity index (χ3n) is 3.86. The van der Waals surface area contributed by atoms with E-state index >= 15 is 0 Å². The molecule has 0 unspecified atom stereocenters. The molecule has 0 saturated heterocycles. The molecular weight excluding hydrogens is 362 g/mol. The molecule has 1 aliphatic rings. The van der Waals surface area contributed by atoms with Crippen molar-refractivity contribution in [3.05, 3.63) is 39.3 Å². The molecule has 0 radical (unpaired) electrons. The van der Waals surface area contributed by atoms with Crippen molar-refractivity contribution in [2.75, 3.05) is 44.3 Å². The summed E-state index contributed by atoms with van der Waals surface area (Å²) in [6.45, 7) is 0.837. The Morgan fingerprint density at radius 2 is 2.23 bits per heavy atom. The van der Waals surface area contributed by atoms with E-state index < -0.39 is 23.0 Å². The van der Waals surface area contributed by atoms with Crippen LogP contribution in [0.25, 0.3) is 0 Å². The molecule has 11 heteroatoms. The van der Waals surface area contributed by atoms with Gasteiger partial charge in [0.25, 0.3) is 11.8 Å². The van der Waals surface area contributed by atoms with Crippen molar-refractivity contribution in [1.82, 2.24) is 14.6 Å². The first kappa shape index (κ1) is 17.9. The minimum atomic E-state index is -0.916. The van der Waals surface area contributed by atoms with Crippen LogP contribution in [-0.2, 0) is 4.74 Å². The van der Waals surface area contributed by atoms with Crippen LogP contribution in [0.5, 0.6) is 5.75 Å². The van der Waals surface area contributed by atoms with Gasteiger partial charge in [0.2, 0.25) is 5.43 Å². The second-order valence-electron chi connectivity index (χ2n) is 5.57. The first-order valence-electron chi connectivity index (χ1n) is 7.63. The van der Waals surface area contributed by atoms with E-state index in [1.165, 1.54) is 40.4 Å². The van der Waals surface area contributed by atoms with Gasteiger partial charge in [-0.25, -0.2) is 4.98 Å². The van der Waals surface area contributed by atoms with E-state index in [2.05, 4.69) is 10.3 Å². The minimum absolute atomic E-state index is 0.189. The van der Waals surface area contributed by atoms with Gasteiger partial charge in [-0.15, -0.1) is 11.3 Å². The van der Waals surface area contributed by atoms with Gasteiger partial charge < -0.3 is 14.7 Å². The summed E-state index contributed by atoms with van der Waals surface area (Å²) in [6.07, 6.45) is 2.75. The lowest BCUT2D eigenvalue weighted by molar-refractivity contribution is 0.0629. The molecule has 1 aliphatic heterocycles. The predicted octanol–water partition coefficient (Wildman–Crippen LogP) is -0.110. The van der Waals surface area contributed by atoms with Gasteiger partial charge >= 0.3 is 0 Å². The van der Waals surface area contributed by atoms with Crippen molar-refractivity contribution in [3.63, 3.8) is 0 Å². The molecule has 10 nitrogen and oxygen atoms in total. The molecule has 0 aromatic carbocycles. The van der Waals surface area contributed by atoms with Crippen molar-refractivity contribution in [2.24, 2.45) is 0 Å². The van der Waals surface area contributed by atoms with E-state index in [4.69, 9.17) is 4.74 Å². The second-order valence-corrected chi connectivity index (χ2v) is 6.46.